The van der Waals surface area contributed by atoms with Crippen molar-refractivity contribution in [3.63, 3.8) is 0 Å². The average Bonchev–Trinajstić information content (AvgIpc) is 1.81. The Hall–Kier alpha value is -1.22. The second kappa shape index (κ2) is 3.74. The lowest BCUT2D eigenvalue weighted by molar-refractivity contribution is -0.146. The number of nitriles is 1. The molecule has 0 spiro atoms. The molecule has 0 unspecified atom stereocenters. The van der Waals surface area contributed by atoms with Crippen LogP contribution < -0.4 is 0 Å². The summed E-state index contributed by atoms with van der Waals surface area (Å²) < 4.78 is 0. The lowest BCUT2D eigenvalue weighted by Crippen LogP contribution is -2.25. The van der Waals surface area contributed by atoms with Gasteiger partial charge in [0.2, 0.25) is 5.25 Å². The number of nitrogens with zero attached hydrogens (tertiary/aromatic N) is 1. The molecule has 0 aliphatic heterocycles. The molecular formula is C4H3NO4S. The van der Waals surface area contributed by atoms with E-state index in [9.17, 15) is 9.59 Å². The maximum Gasteiger partial charge on any atom is 0.329 e. The molecule has 2 N–H and O–H groups in total. The van der Waals surface area contributed by atoms with Gasteiger partial charge in [-0.25, -0.2) is 0 Å². The Morgan fingerprint density at radius 2 is 1.80 bits per heavy atom. The highest BCUT2D eigenvalue weighted by molar-refractivity contribution is 8.05. The highest BCUT2D eigenvalue weighted by Crippen LogP contribution is 2.08. The van der Waals surface area contributed by atoms with Crippen LogP contribution in [0.25, 0.3) is 0 Å². The van der Waals surface area contributed by atoms with Crippen LogP contribution in [0.3, 0.4) is 0 Å². The predicted octanol–water partition coefficient (Wildman–Crippen LogP) is -0.262. The van der Waals surface area contributed by atoms with Gasteiger partial charge in [-0.05, 0) is 11.8 Å². The highest BCUT2D eigenvalue weighted by Gasteiger charge is 2.26. The number of carboxylic acid groups (broad SMARTS) is 2. The Bertz CT molecular complexity index is 182. The van der Waals surface area contributed by atoms with Crippen molar-refractivity contribution in [3.8, 4) is 5.40 Å². The minimum absolute atomic E-state index is 0.199. The molecule has 0 heterocycles. The number of hydrogen-bond donors (Lipinski definition) is 2. The maximum atomic E-state index is 9.98. The molecule has 0 aliphatic carbocycles. The zero-order valence-corrected chi connectivity index (χ0v) is 5.46. The van der Waals surface area contributed by atoms with Crippen LogP contribution in [0.4, 0.5) is 0 Å². The van der Waals surface area contributed by atoms with Gasteiger partial charge in [0.05, 0.1) is 0 Å². The number of carbonyl (C=O) groups is 2. The predicted molar refractivity (Wildman–Crippen MR) is 32.3 cm³/mol. The van der Waals surface area contributed by atoms with Gasteiger partial charge in [-0.15, -0.1) is 0 Å². The van der Waals surface area contributed by atoms with Crippen molar-refractivity contribution >= 4 is 23.7 Å². The summed E-state index contributed by atoms with van der Waals surface area (Å²) >= 11 is 0.199. The molecule has 0 bridgehead atoms. The van der Waals surface area contributed by atoms with Crippen LogP contribution in [0.1, 0.15) is 0 Å². The van der Waals surface area contributed by atoms with Gasteiger partial charge in [0, 0.05) is 0 Å². The molecule has 0 atom stereocenters. The first-order valence-electron chi connectivity index (χ1n) is 2.10. The van der Waals surface area contributed by atoms with Crippen molar-refractivity contribution in [3.05, 3.63) is 0 Å². The number of thiocyanates is 1. The van der Waals surface area contributed by atoms with Crippen molar-refractivity contribution in [2.45, 2.75) is 5.25 Å². The van der Waals surface area contributed by atoms with Crippen LogP contribution in [0, 0.1) is 10.7 Å². The Kier molecular flexibility index (Phi) is 3.28. The molecule has 0 aliphatic rings. The molecule has 54 valence electrons. The number of carboxylic acids is 2. The third-order valence-corrected chi connectivity index (χ3v) is 1.36. The molecule has 5 nitrogen and oxygen atoms in total. The van der Waals surface area contributed by atoms with Gasteiger partial charge < -0.3 is 10.2 Å². The van der Waals surface area contributed by atoms with E-state index in [1.165, 1.54) is 5.40 Å². The number of aliphatic carboxylic acids is 2. The lowest BCUT2D eigenvalue weighted by Gasteiger charge is -1.97. The number of hydrogen-bond acceptors (Lipinski definition) is 4. The normalized spacial score (nSPS) is 8.80. The monoisotopic (exact) mass is 161 g/mol. The van der Waals surface area contributed by atoms with Crippen molar-refractivity contribution in [2.24, 2.45) is 0 Å². The van der Waals surface area contributed by atoms with Gasteiger partial charge in [0.1, 0.15) is 5.40 Å². The van der Waals surface area contributed by atoms with Gasteiger partial charge in [-0.1, -0.05) is 0 Å². The molecule has 0 aromatic heterocycles. The summed E-state index contributed by atoms with van der Waals surface area (Å²) in [5, 5.41) is 23.9. The molecular weight excluding hydrogens is 158 g/mol. The average molecular weight is 161 g/mol. The van der Waals surface area contributed by atoms with Crippen molar-refractivity contribution in [2.75, 3.05) is 0 Å². The summed E-state index contributed by atoms with van der Waals surface area (Å²) in [6.45, 7) is 0. The maximum absolute atomic E-state index is 9.98. The SMILES string of the molecule is N#CSC(C(=O)O)C(=O)O. The molecule has 0 amide bonds. The summed E-state index contributed by atoms with van der Waals surface area (Å²) in [4.78, 5) is 20.0. The highest BCUT2D eigenvalue weighted by atomic mass is 32.2. The van der Waals surface area contributed by atoms with Gasteiger partial charge in [-0.2, -0.15) is 5.26 Å². The van der Waals surface area contributed by atoms with E-state index < -0.39 is 17.2 Å². The zero-order chi connectivity index (χ0) is 8.15. The first-order valence-corrected chi connectivity index (χ1v) is 2.98. The summed E-state index contributed by atoms with van der Waals surface area (Å²) in [5.41, 5.74) is 0. The molecule has 0 radical (unpaired) electrons. The Morgan fingerprint density at radius 1 is 1.40 bits per heavy atom. The van der Waals surface area contributed by atoms with Crippen LogP contribution in [0.5, 0.6) is 0 Å². The van der Waals surface area contributed by atoms with Gasteiger partial charge in [0.15, 0.2) is 0 Å². The first kappa shape index (κ1) is 8.78. The standard InChI is InChI=1S/C4H3NO4S/c5-1-10-2(3(6)7)4(8)9/h2H,(H,6,7)(H,8,9). The van der Waals surface area contributed by atoms with E-state index in [0.29, 0.717) is 0 Å². The summed E-state index contributed by atoms with van der Waals surface area (Å²) in [5.74, 6) is -3.03. The third-order valence-electron chi connectivity index (χ3n) is 0.619. The van der Waals surface area contributed by atoms with E-state index >= 15 is 0 Å². The second-order valence-corrected chi connectivity index (χ2v) is 2.16. The molecule has 0 aromatic carbocycles. The largest absolute Gasteiger partial charge is 0.480 e. The van der Waals surface area contributed by atoms with Crippen molar-refractivity contribution in [1.29, 1.82) is 5.26 Å². The van der Waals surface area contributed by atoms with Crippen LogP contribution in [0.2, 0.25) is 0 Å². The quantitative estimate of drug-likeness (QED) is 0.437. The number of thioether (sulfide) groups is 1. The van der Waals surface area contributed by atoms with Gasteiger partial charge >= 0.3 is 11.9 Å². The molecule has 0 rings (SSSR count). The van der Waals surface area contributed by atoms with E-state index in [0.717, 1.165) is 0 Å². The van der Waals surface area contributed by atoms with E-state index in [1.54, 1.807) is 0 Å². The van der Waals surface area contributed by atoms with Crippen LogP contribution >= 0.6 is 11.8 Å². The van der Waals surface area contributed by atoms with Crippen molar-refractivity contribution < 1.29 is 19.8 Å². The van der Waals surface area contributed by atoms with Gasteiger partial charge in [-0.3, -0.25) is 9.59 Å². The fraction of sp³-hybridized carbons (Fsp3) is 0.250. The summed E-state index contributed by atoms with van der Waals surface area (Å²) in [7, 11) is 0. The van der Waals surface area contributed by atoms with E-state index in [-0.39, 0.29) is 11.8 Å². The molecule has 0 aromatic rings. The summed E-state index contributed by atoms with van der Waals surface area (Å²) in [6.07, 6.45) is 0. The topological polar surface area (TPSA) is 98.4 Å². The number of rotatable bonds is 3. The van der Waals surface area contributed by atoms with E-state index in [4.69, 9.17) is 15.5 Å². The minimum atomic E-state index is -1.68. The Morgan fingerprint density at radius 3 is 1.90 bits per heavy atom. The summed E-state index contributed by atoms with van der Waals surface area (Å²) in [6, 6.07) is 0. The molecule has 0 saturated heterocycles. The zero-order valence-electron chi connectivity index (χ0n) is 4.64. The second-order valence-electron chi connectivity index (χ2n) is 1.27. The van der Waals surface area contributed by atoms with E-state index in [2.05, 4.69) is 0 Å². The minimum Gasteiger partial charge on any atom is -0.480 e. The van der Waals surface area contributed by atoms with Crippen LogP contribution in [0.15, 0.2) is 0 Å². The van der Waals surface area contributed by atoms with Gasteiger partial charge in [0.25, 0.3) is 0 Å². The molecule has 6 heteroatoms. The molecule has 0 saturated carbocycles. The smallest absolute Gasteiger partial charge is 0.329 e. The Labute approximate surface area is 60.3 Å². The fourth-order valence-corrected chi connectivity index (χ4v) is 0.566. The van der Waals surface area contributed by atoms with Crippen LogP contribution in [-0.2, 0) is 9.59 Å². The fourth-order valence-electron chi connectivity index (χ4n) is 0.259. The Balaban J connectivity index is 4.15. The van der Waals surface area contributed by atoms with Crippen molar-refractivity contribution in [1.82, 2.24) is 0 Å². The van der Waals surface area contributed by atoms with Crippen LogP contribution in [-0.4, -0.2) is 27.4 Å². The van der Waals surface area contributed by atoms with E-state index in [1.807, 2.05) is 0 Å². The third kappa shape index (κ3) is 2.37. The molecule has 10 heavy (non-hydrogen) atoms. The molecule has 0 fully saturated rings. The first-order chi connectivity index (χ1) is 4.59. The lowest BCUT2D eigenvalue weighted by atomic mass is 10.4.